The Bertz CT molecular complexity index is 1130. The largest absolute Gasteiger partial charge is 0.416 e. The Morgan fingerprint density at radius 2 is 1.87 bits per heavy atom. The first-order valence-electron chi connectivity index (χ1n) is 8.89. The number of alkyl halides is 3. The second kappa shape index (κ2) is 8.19. The number of sulfonamides is 1. The van der Waals surface area contributed by atoms with Gasteiger partial charge in [0.1, 0.15) is 5.82 Å². The van der Waals surface area contributed by atoms with Crippen molar-refractivity contribution in [3.8, 4) is 0 Å². The van der Waals surface area contributed by atoms with Gasteiger partial charge in [0, 0.05) is 13.0 Å². The van der Waals surface area contributed by atoms with Crippen LogP contribution in [0.1, 0.15) is 22.6 Å². The van der Waals surface area contributed by atoms with Gasteiger partial charge < -0.3 is 10.7 Å². The average Bonchev–Trinajstić information content (AvgIpc) is 3.14. The Morgan fingerprint density at radius 3 is 2.45 bits per heavy atom. The van der Waals surface area contributed by atoms with Gasteiger partial charge >= 0.3 is 6.18 Å². The number of nitrogens with two attached hydrogens (primary N) is 2. The molecule has 12 heteroatoms. The fourth-order valence-corrected chi connectivity index (χ4v) is 4.17. The van der Waals surface area contributed by atoms with Crippen molar-refractivity contribution in [3.63, 3.8) is 0 Å². The van der Waals surface area contributed by atoms with Crippen LogP contribution in [0.15, 0.2) is 64.9 Å². The van der Waals surface area contributed by atoms with Crippen molar-refractivity contribution >= 4 is 15.7 Å². The molecule has 1 heterocycles. The smallest absolute Gasteiger partial charge is 0.387 e. The number of hydrazine groups is 1. The van der Waals surface area contributed by atoms with E-state index in [0.717, 1.165) is 23.3 Å². The third-order valence-corrected chi connectivity index (χ3v) is 6.04. The van der Waals surface area contributed by atoms with Crippen molar-refractivity contribution in [1.29, 1.82) is 0 Å². The molecule has 1 aliphatic heterocycles. The predicted molar refractivity (Wildman–Crippen MR) is 107 cm³/mol. The lowest BCUT2D eigenvalue weighted by Gasteiger charge is -2.17. The van der Waals surface area contributed by atoms with Gasteiger partial charge in [-0.15, -0.1) is 0 Å². The number of hydrazone groups is 1. The first kappa shape index (κ1) is 22.6. The molecule has 0 saturated carbocycles. The highest BCUT2D eigenvalue weighted by atomic mass is 32.2. The molecule has 1 unspecified atom stereocenters. The van der Waals surface area contributed by atoms with Crippen LogP contribution in [0, 0.1) is 5.82 Å². The second-order valence-corrected chi connectivity index (χ2v) is 8.72. The summed E-state index contributed by atoms with van der Waals surface area (Å²) in [6.07, 6.45) is -3.62. The topological polar surface area (TPSA) is 105 Å². The monoisotopic (exact) mass is 457 g/mol. The summed E-state index contributed by atoms with van der Waals surface area (Å²) in [4.78, 5) is 0. The molecule has 166 valence electrons. The third-order valence-electron chi connectivity index (χ3n) is 4.55. The van der Waals surface area contributed by atoms with Crippen molar-refractivity contribution < 1.29 is 26.0 Å². The number of hydrogen-bond donors (Lipinski definition) is 2. The molecule has 1 atom stereocenters. The van der Waals surface area contributed by atoms with E-state index < -0.39 is 38.5 Å². The highest BCUT2D eigenvalue weighted by Crippen LogP contribution is 2.34. The summed E-state index contributed by atoms with van der Waals surface area (Å²) >= 11 is 0. The standard InChI is InChI=1S/C19H19F4N5O2S/c1-27(25)11-17(24)31(29,30)28-10-16(12-5-7-15(20)8-6-12)18(26-28)13-3-2-4-14(9-13)19(21,22)23/h2-9,11,16H,10,24-25H2,1H3/b17-11+. The summed E-state index contributed by atoms with van der Waals surface area (Å²) in [5.74, 6) is 4.15. The fourth-order valence-electron chi connectivity index (χ4n) is 3.09. The van der Waals surface area contributed by atoms with Gasteiger partial charge in [-0.05, 0) is 35.4 Å². The van der Waals surface area contributed by atoms with Crippen LogP contribution >= 0.6 is 0 Å². The van der Waals surface area contributed by atoms with Gasteiger partial charge in [-0.3, -0.25) is 0 Å². The van der Waals surface area contributed by atoms with Crippen LogP contribution in [0.25, 0.3) is 0 Å². The van der Waals surface area contributed by atoms with Crippen LogP contribution < -0.4 is 11.6 Å². The zero-order chi connectivity index (χ0) is 23.0. The summed E-state index contributed by atoms with van der Waals surface area (Å²) in [5.41, 5.74) is 5.38. The Morgan fingerprint density at radius 1 is 1.23 bits per heavy atom. The van der Waals surface area contributed by atoms with Gasteiger partial charge in [0.15, 0.2) is 5.03 Å². The number of benzene rings is 2. The summed E-state index contributed by atoms with van der Waals surface area (Å²) < 4.78 is 79.2. The summed E-state index contributed by atoms with van der Waals surface area (Å²) in [6.45, 7) is -0.234. The maximum atomic E-state index is 13.4. The van der Waals surface area contributed by atoms with Gasteiger partial charge in [-0.2, -0.15) is 31.1 Å². The molecule has 2 aromatic rings. The molecule has 0 radical (unpaired) electrons. The maximum absolute atomic E-state index is 13.4. The lowest BCUT2D eigenvalue weighted by atomic mass is 9.90. The van der Waals surface area contributed by atoms with Crippen LogP contribution in [0.3, 0.4) is 0 Å². The molecule has 0 bridgehead atoms. The molecule has 3 rings (SSSR count). The molecule has 1 aliphatic rings. The molecule has 0 aliphatic carbocycles. The highest BCUT2D eigenvalue weighted by molar-refractivity contribution is 7.92. The molecule has 0 aromatic heterocycles. The Labute approximate surface area is 176 Å². The van der Waals surface area contributed by atoms with E-state index in [4.69, 9.17) is 11.6 Å². The summed E-state index contributed by atoms with van der Waals surface area (Å²) in [6, 6.07) is 9.58. The second-order valence-electron chi connectivity index (χ2n) is 6.87. The minimum absolute atomic E-state index is 0.0789. The first-order chi connectivity index (χ1) is 14.4. The van der Waals surface area contributed by atoms with E-state index in [9.17, 15) is 26.0 Å². The van der Waals surface area contributed by atoms with Gasteiger partial charge in [0.25, 0.3) is 10.0 Å². The molecule has 0 fully saturated rings. The van der Waals surface area contributed by atoms with E-state index in [0.29, 0.717) is 9.98 Å². The molecular weight excluding hydrogens is 438 g/mol. The zero-order valence-electron chi connectivity index (χ0n) is 16.2. The van der Waals surface area contributed by atoms with E-state index in [-0.39, 0.29) is 17.8 Å². The predicted octanol–water partition coefficient (Wildman–Crippen LogP) is 2.54. The molecule has 0 saturated heterocycles. The summed E-state index contributed by atoms with van der Waals surface area (Å²) in [7, 11) is -2.93. The van der Waals surface area contributed by atoms with Crippen LogP contribution in [-0.2, 0) is 16.2 Å². The van der Waals surface area contributed by atoms with Crippen LogP contribution in [0.5, 0.6) is 0 Å². The minimum atomic E-state index is -4.59. The van der Waals surface area contributed by atoms with Crippen molar-refractivity contribution in [1.82, 2.24) is 9.42 Å². The van der Waals surface area contributed by atoms with E-state index in [1.54, 1.807) is 0 Å². The van der Waals surface area contributed by atoms with E-state index in [1.165, 1.54) is 43.4 Å². The molecule has 7 nitrogen and oxygen atoms in total. The molecule has 31 heavy (non-hydrogen) atoms. The third kappa shape index (κ3) is 4.80. The molecule has 0 spiro atoms. The molecular formula is C19H19F4N5O2S. The van der Waals surface area contributed by atoms with Crippen molar-refractivity contribution in [3.05, 3.63) is 82.3 Å². The highest BCUT2D eigenvalue weighted by Gasteiger charge is 2.38. The van der Waals surface area contributed by atoms with Crippen molar-refractivity contribution in [2.45, 2.75) is 12.1 Å². The number of nitrogens with zero attached hydrogens (tertiary/aromatic N) is 3. The van der Waals surface area contributed by atoms with Crippen molar-refractivity contribution in [2.75, 3.05) is 13.6 Å². The van der Waals surface area contributed by atoms with Crippen LogP contribution in [0.4, 0.5) is 17.6 Å². The fraction of sp³-hybridized carbons (Fsp3) is 0.211. The average molecular weight is 457 g/mol. The normalized spacial score (nSPS) is 17.6. The molecule has 0 amide bonds. The number of rotatable bonds is 5. The number of halogens is 4. The quantitative estimate of drug-likeness (QED) is 0.408. The lowest BCUT2D eigenvalue weighted by molar-refractivity contribution is -0.137. The maximum Gasteiger partial charge on any atom is 0.416 e. The van der Waals surface area contributed by atoms with Gasteiger partial charge in [-0.25, -0.2) is 10.2 Å². The first-order valence-corrected chi connectivity index (χ1v) is 10.3. The van der Waals surface area contributed by atoms with Gasteiger partial charge in [0.05, 0.1) is 24.0 Å². The molecule has 4 N–H and O–H groups in total. The van der Waals surface area contributed by atoms with E-state index in [2.05, 4.69) is 5.10 Å². The summed E-state index contributed by atoms with van der Waals surface area (Å²) in [5, 5.41) is 4.43. The molecule has 2 aromatic carbocycles. The van der Waals surface area contributed by atoms with Crippen molar-refractivity contribution in [2.24, 2.45) is 16.7 Å². The zero-order valence-corrected chi connectivity index (χ0v) is 17.0. The van der Waals surface area contributed by atoms with E-state index in [1.807, 2.05) is 0 Å². The lowest BCUT2D eigenvalue weighted by Crippen LogP contribution is -2.32. The van der Waals surface area contributed by atoms with Gasteiger partial charge in [0.2, 0.25) is 0 Å². The minimum Gasteiger partial charge on any atom is -0.387 e. The Hall–Kier alpha value is -3.12. The van der Waals surface area contributed by atoms with E-state index >= 15 is 0 Å². The Balaban J connectivity index is 2.11. The van der Waals surface area contributed by atoms with Crippen LogP contribution in [-0.4, -0.2) is 37.1 Å². The van der Waals surface area contributed by atoms with Gasteiger partial charge in [-0.1, -0.05) is 24.3 Å². The SMILES string of the molecule is CN(N)/C=C(\N)S(=O)(=O)N1CC(c2ccc(F)cc2)C(c2cccc(C(F)(F)F)c2)=N1. The Kier molecular flexibility index (Phi) is 5.96. The van der Waals surface area contributed by atoms with Crippen LogP contribution in [0.2, 0.25) is 0 Å². The number of hydrogen-bond acceptors (Lipinski definition) is 6.